The molecule has 0 saturated heterocycles. The zero-order valence-corrected chi connectivity index (χ0v) is 8.74. The molecule has 0 aliphatic heterocycles. The Balaban J connectivity index is 2.75. The predicted molar refractivity (Wildman–Crippen MR) is 58.2 cm³/mol. The first kappa shape index (κ1) is 12.1. The average Bonchev–Trinajstić information content (AvgIpc) is 2.25. The third kappa shape index (κ3) is 3.04. The second-order valence-corrected chi connectivity index (χ2v) is 3.31. The van der Waals surface area contributed by atoms with Gasteiger partial charge in [0.05, 0.1) is 11.0 Å². The molecule has 1 aromatic carbocycles. The van der Waals surface area contributed by atoms with E-state index in [-0.39, 0.29) is 6.04 Å². The first-order valence-corrected chi connectivity index (χ1v) is 4.67. The minimum absolute atomic E-state index is 0.127. The monoisotopic (exact) mass is 222 g/mol. The Hall–Kier alpha value is -1.93. The molecule has 0 amide bonds. The van der Waals surface area contributed by atoms with Crippen molar-refractivity contribution in [1.29, 1.82) is 0 Å². The van der Waals surface area contributed by atoms with Crippen LogP contribution in [0.15, 0.2) is 18.2 Å². The summed E-state index contributed by atoms with van der Waals surface area (Å²) in [6.45, 7) is 2.17. The van der Waals surface area contributed by atoms with Crippen molar-refractivity contribution in [3.8, 4) is 12.3 Å². The maximum Gasteiger partial charge on any atom is 0.304 e. The van der Waals surface area contributed by atoms with E-state index in [1.165, 1.54) is 6.07 Å². The number of hydrogen-bond donors (Lipinski definition) is 1. The smallest absolute Gasteiger partial charge is 0.300 e. The fraction of sp³-hybridized carbons (Fsp3) is 0.273. The standard InChI is InChI=1S/C11H11FN2O2/c1-3-8(2)13-7-9-4-5-11(14(15)16)10(12)6-9/h1,4-6,8,13H,7H2,2H3. The number of nitrogens with one attached hydrogen (secondary N) is 1. The average molecular weight is 222 g/mol. The molecule has 1 unspecified atom stereocenters. The summed E-state index contributed by atoms with van der Waals surface area (Å²) >= 11 is 0. The zero-order valence-electron chi connectivity index (χ0n) is 8.74. The van der Waals surface area contributed by atoms with Gasteiger partial charge < -0.3 is 0 Å². The lowest BCUT2D eigenvalue weighted by Crippen LogP contribution is -2.23. The molecule has 1 rings (SSSR count). The van der Waals surface area contributed by atoms with Crippen molar-refractivity contribution in [2.45, 2.75) is 19.5 Å². The largest absolute Gasteiger partial charge is 0.304 e. The summed E-state index contributed by atoms with van der Waals surface area (Å²) in [4.78, 5) is 9.62. The zero-order chi connectivity index (χ0) is 12.1. The molecule has 0 aliphatic rings. The molecule has 0 bridgehead atoms. The second kappa shape index (κ2) is 5.24. The Labute approximate surface area is 92.6 Å². The molecule has 0 aliphatic carbocycles. The lowest BCUT2D eigenvalue weighted by molar-refractivity contribution is -0.387. The van der Waals surface area contributed by atoms with Crippen LogP contribution in [0.4, 0.5) is 10.1 Å². The molecule has 16 heavy (non-hydrogen) atoms. The topological polar surface area (TPSA) is 55.2 Å². The van der Waals surface area contributed by atoms with E-state index in [0.29, 0.717) is 12.1 Å². The van der Waals surface area contributed by atoms with Crippen LogP contribution in [0.1, 0.15) is 12.5 Å². The number of rotatable bonds is 4. The van der Waals surface area contributed by atoms with Crippen molar-refractivity contribution in [1.82, 2.24) is 5.32 Å². The van der Waals surface area contributed by atoms with Crippen LogP contribution in [0.5, 0.6) is 0 Å². The van der Waals surface area contributed by atoms with Gasteiger partial charge in [-0.2, -0.15) is 4.39 Å². The SMILES string of the molecule is C#CC(C)NCc1ccc([N+](=O)[O-])c(F)c1. The van der Waals surface area contributed by atoms with Gasteiger partial charge in [0.2, 0.25) is 5.82 Å². The molecule has 0 fully saturated rings. The second-order valence-electron chi connectivity index (χ2n) is 3.31. The lowest BCUT2D eigenvalue weighted by atomic mass is 10.2. The number of nitro groups is 1. The maximum absolute atomic E-state index is 13.2. The molecule has 84 valence electrons. The summed E-state index contributed by atoms with van der Waals surface area (Å²) in [6.07, 6.45) is 5.15. The molecule has 4 nitrogen and oxygen atoms in total. The van der Waals surface area contributed by atoms with Crippen molar-refractivity contribution < 1.29 is 9.31 Å². The highest BCUT2D eigenvalue weighted by Crippen LogP contribution is 2.17. The van der Waals surface area contributed by atoms with Gasteiger partial charge in [-0.05, 0) is 18.6 Å². The van der Waals surface area contributed by atoms with Gasteiger partial charge in [-0.3, -0.25) is 15.4 Å². The van der Waals surface area contributed by atoms with Crippen molar-refractivity contribution in [3.05, 3.63) is 39.7 Å². The number of nitrogens with zero attached hydrogens (tertiary/aromatic N) is 1. The van der Waals surface area contributed by atoms with E-state index in [2.05, 4.69) is 11.2 Å². The van der Waals surface area contributed by atoms with E-state index in [1.54, 1.807) is 6.92 Å². The van der Waals surface area contributed by atoms with Gasteiger partial charge in [0.1, 0.15) is 0 Å². The molecule has 0 saturated carbocycles. The van der Waals surface area contributed by atoms with Crippen molar-refractivity contribution >= 4 is 5.69 Å². The van der Waals surface area contributed by atoms with Crippen molar-refractivity contribution in [2.75, 3.05) is 0 Å². The molecule has 0 spiro atoms. The minimum Gasteiger partial charge on any atom is -0.300 e. The van der Waals surface area contributed by atoms with Crippen molar-refractivity contribution in [3.63, 3.8) is 0 Å². The van der Waals surface area contributed by atoms with Crippen LogP contribution in [-0.4, -0.2) is 11.0 Å². The van der Waals surface area contributed by atoms with E-state index in [4.69, 9.17) is 6.42 Å². The number of nitro benzene ring substituents is 1. The Morgan fingerprint density at radius 2 is 2.38 bits per heavy atom. The molecule has 0 radical (unpaired) electrons. The quantitative estimate of drug-likeness (QED) is 0.480. The third-order valence-corrected chi connectivity index (χ3v) is 2.07. The third-order valence-electron chi connectivity index (χ3n) is 2.07. The van der Waals surface area contributed by atoms with Crippen molar-refractivity contribution in [2.24, 2.45) is 0 Å². The predicted octanol–water partition coefficient (Wildman–Crippen LogP) is 1.85. The van der Waals surface area contributed by atoms with Crippen LogP contribution in [0.2, 0.25) is 0 Å². The Morgan fingerprint density at radius 3 is 2.88 bits per heavy atom. The molecular weight excluding hydrogens is 211 g/mol. The Morgan fingerprint density at radius 1 is 1.69 bits per heavy atom. The number of hydrogen-bond acceptors (Lipinski definition) is 3. The highest BCUT2D eigenvalue weighted by Gasteiger charge is 2.13. The highest BCUT2D eigenvalue weighted by molar-refractivity contribution is 5.35. The van der Waals surface area contributed by atoms with Gasteiger partial charge >= 0.3 is 5.69 Å². The molecular formula is C11H11FN2O2. The summed E-state index contributed by atoms with van der Waals surface area (Å²) in [5.74, 6) is 1.63. The van der Waals surface area contributed by atoms with Crippen LogP contribution in [0.3, 0.4) is 0 Å². The summed E-state index contributed by atoms with van der Waals surface area (Å²) < 4.78 is 13.2. The van der Waals surface area contributed by atoms with Gasteiger partial charge in [0.15, 0.2) is 0 Å². The fourth-order valence-corrected chi connectivity index (χ4v) is 1.14. The number of terminal acetylenes is 1. The summed E-state index contributed by atoms with van der Waals surface area (Å²) in [5, 5.41) is 13.3. The van der Waals surface area contributed by atoms with Crippen LogP contribution < -0.4 is 5.32 Å². The van der Waals surface area contributed by atoms with Crippen LogP contribution in [-0.2, 0) is 6.54 Å². The minimum atomic E-state index is -0.835. The number of benzene rings is 1. The normalized spacial score (nSPS) is 11.8. The van der Waals surface area contributed by atoms with Gasteiger partial charge in [0.25, 0.3) is 0 Å². The van der Waals surface area contributed by atoms with E-state index in [0.717, 1.165) is 12.1 Å². The molecule has 5 heteroatoms. The van der Waals surface area contributed by atoms with Gasteiger partial charge in [-0.25, -0.2) is 0 Å². The molecule has 0 heterocycles. The first-order valence-electron chi connectivity index (χ1n) is 4.67. The maximum atomic E-state index is 13.2. The Bertz CT molecular complexity index is 440. The summed E-state index contributed by atoms with van der Waals surface area (Å²) in [6, 6.07) is 3.65. The molecule has 0 aromatic heterocycles. The molecule has 1 atom stereocenters. The van der Waals surface area contributed by atoms with Gasteiger partial charge in [-0.15, -0.1) is 6.42 Å². The number of halogens is 1. The summed E-state index contributed by atoms with van der Waals surface area (Å²) in [7, 11) is 0. The van der Waals surface area contributed by atoms with E-state index in [1.807, 2.05) is 0 Å². The lowest BCUT2D eigenvalue weighted by Gasteiger charge is -2.07. The van der Waals surface area contributed by atoms with E-state index >= 15 is 0 Å². The van der Waals surface area contributed by atoms with Crippen LogP contribution >= 0.6 is 0 Å². The van der Waals surface area contributed by atoms with E-state index < -0.39 is 16.4 Å². The molecule has 1 N–H and O–H groups in total. The van der Waals surface area contributed by atoms with Crippen LogP contribution in [0.25, 0.3) is 0 Å². The Kier molecular flexibility index (Phi) is 3.97. The van der Waals surface area contributed by atoms with Crippen LogP contribution in [0, 0.1) is 28.3 Å². The van der Waals surface area contributed by atoms with Gasteiger partial charge in [-0.1, -0.05) is 12.0 Å². The highest BCUT2D eigenvalue weighted by atomic mass is 19.1. The molecule has 1 aromatic rings. The summed E-state index contributed by atoms with van der Waals surface area (Å²) in [5.41, 5.74) is 0.0962. The first-order chi connectivity index (χ1) is 7.54. The van der Waals surface area contributed by atoms with E-state index in [9.17, 15) is 14.5 Å². The fourth-order valence-electron chi connectivity index (χ4n) is 1.14. The van der Waals surface area contributed by atoms with Gasteiger partial charge in [0, 0.05) is 12.6 Å².